The number of hydrogen-bond acceptors (Lipinski definition) is 4. The smallest absolute Gasteiger partial charge is 0.433 e. The van der Waals surface area contributed by atoms with Gasteiger partial charge in [0.15, 0.2) is 17.0 Å². The molecular weight excluding hydrogens is 489 g/mol. The summed E-state index contributed by atoms with van der Waals surface area (Å²) in [5.41, 5.74) is -1.24. The minimum absolute atomic E-state index is 0.0275. The second-order valence-electron chi connectivity index (χ2n) is 6.19. The summed E-state index contributed by atoms with van der Waals surface area (Å²) in [5, 5.41) is 6.01. The zero-order valence-corrected chi connectivity index (χ0v) is 17.2. The van der Waals surface area contributed by atoms with Crippen LogP contribution in [-0.2, 0) is 12.7 Å². The lowest BCUT2D eigenvalue weighted by atomic mass is 10.1. The third-order valence-corrected chi connectivity index (χ3v) is 5.06. The molecule has 4 rings (SSSR count). The summed E-state index contributed by atoms with van der Waals surface area (Å²) in [6, 6.07) is 10.7. The average molecular weight is 500 g/mol. The number of hydrogen-bond donors (Lipinski definition) is 1. The van der Waals surface area contributed by atoms with Crippen LogP contribution in [-0.4, -0.2) is 20.5 Å². The van der Waals surface area contributed by atoms with Crippen LogP contribution in [0.15, 0.2) is 57.6 Å². The lowest BCUT2D eigenvalue weighted by Crippen LogP contribution is -2.23. The van der Waals surface area contributed by atoms with Crippen molar-refractivity contribution in [1.29, 1.82) is 0 Å². The molecule has 3 aromatic heterocycles. The number of amides is 1. The van der Waals surface area contributed by atoms with E-state index in [0.29, 0.717) is 15.8 Å². The Morgan fingerprint density at radius 3 is 2.60 bits per heavy atom. The van der Waals surface area contributed by atoms with Crippen molar-refractivity contribution in [2.75, 3.05) is 0 Å². The monoisotopic (exact) mass is 498 g/mol. The van der Waals surface area contributed by atoms with Gasteiger partial charge in [-0.2, -0.15) is 18.3 Å². The summed E-state index contributed by atoms with van der Waals surface area (Å²) in [6.07, 6.45) is -3.31. The molecule has 11 heteroatoms. The van der Waals surface area contributed by atoms with Gasteiger partial charge in [0.05, 0.1) is 18.5 Å². The number of nitrogens with one attached hydrogen (secondary N) is 1. The summed E-state index contributed by atoms with van der Waals surface area (Å²) in [4.78, 5) is 16.7. The number of alkyl halides is 3. The van der Waals surface area contributed by atoms with Crippen LogP contribution in [0, 0.1) is 0 Å². The topological polar surface area (TPSA) is 72.4 Å². The van der Waals surface area contributed by atoms with Gasteiger partial charge in [0.1, 0.15) is 10.8 Å². The molecular formula is C19H11BrClF3N4O2. The van der Waals surface area contributed by atoms with E-state index in [4.69, 9.17) is 16.0 Å². The zero-order valence-electron chi connectivity index (χ0n) is 14.9. The van der Waals surface area contributed by atoms with Crippen molar-refractivity contribution in [3.05, 3.63) is 75.4 Å². The maximum atomic E-state index is 13.7. The van der Waals surface area contributed by atoms with Crippen LogP contribution in [0.3, 0.4) is 0 Å². The molecule has 154 valence electrons. The number of carbonyl (C=O) groups excluding carboxylic acids is 1. The number of aromatic nitrogens is 3. The Morgan fingerprint density at radius 1 is 1.23 bits per heavy atom. The Bertz CT molecular complexity index is 1220. The van der Waals surface area contributed by atoms with E-state index in [9.17, 15) is 18.0 Å². The van der Waals surface area contributed by atoms with Crippen molar-refractivity contribution in [2.45, 2.75) is 12.7 Å². The first kappa shape index (κ1) is 20.4. The number of benzene rings is 1. The van der Waals surface area contributed by atoms with Crippen molar-refractivity contribution in [2.24, 2.45) is 0 Å². The van der Waals surface area contributed by atoms with Gasteiger partial charge in [0, 0.05) is 10.0 Å². The van der Waals surface area contributed by atoms with Crippen LogP contribution in [0.2, 0.25) is 5.02 Å². The normalized spacial score (nSPS) is 11.8. The molecule has 0 bridgehead atoms. The molecule has 0 unspecified atom stereocenters. The second kappa shape index (κ2) is 7.77. The number of halogens is 5. The number of furan rings is 1. The predicted octanol–water partition coefficient (Wildman–Crippen LogP) is 5.35. The molecule has 0 fully saturated rings. The minimum atomic E-state index is -4.75. The molecule has 3 heterocycles. The molecule has 0 atom stereocenters. The Morgan fingerprint density at radius 2 is 1.97 bits per heavy atom. The maximum Gasteiger partial charge on any atom is 0.433 e. The van der Waals surface area contributed by atoms with Crippen LogP contribution in [0.1, 0.15) is 21.9 Å². The van der Waals surface area contributed by atoms with Crippen molar-refractivity contribution in [3.8, 4) is 11.3 Å². The highest BCUT2D eigenvalue weighted by Gasteiger charge is 2.36. The zero-order chi connectivity index (χ0) is 21.5. The first-order valence-corrected chi connectivity index (χ1v) is 9.64. The van der Waals surface area contributed by atoms with Gasteiger partial charge in [-0.05, 0) is 30.3 Å². The Hall–Kier alpha value is -2.85. The fraction of sp³-hybridized carbons (Fsp3) is 0.105. The summed E-state index contributed by atoms with van der Waals surface area (Å²) in [7, 11) is 0. The van der Waals surface area contributed by atoms with Crippen LogP contribution < -0.4 is 5.32 Å². The van der Waals surface area contributed by atoms with E-state index in [1.165, 1.54) is 6.26 Å². The molecule has 1 amide bonds. The third-order valence-electron chi connectivity index (χ3n) is 4.18. The maximum absolute atomic E-state index is 13.7. The van der Waals surface area contributed by atoms with Crippen molar-refractivity contribution in [1.82, 2.24) is 19.9 Å². The molecule has 0 aliphatic rings. The highest BCUT2D eigenvalue weighted by molar-refractivity contribution is 9.10. The quantitative estimate of drug-likeness (QED) is 0.411. The third kappa shape index (κ3) is 3.92. The minimum Gasteiger partial charge on any atom is -0.467 e. The fourth-order valence-corrected chi connectivity index (χ4v) is 3.28. The lowest BCUT2D eigenvalue weighted by molar-refractivity contribution is -0.142. The first-order chi connectivity index (χ1) is 14.2. The molecule has 1 N–H and O–H groups in total. The SMILES string of the molecule is O=C(NCc1ccco1)c1nn2c(C(F)(F)F)cc(-c3ccc(Br)cc3)nc2c1Cl. The summed E-state index contributed by atoms with van der Waals surface area (Å²) < 4.78 is 47.5. The summed E-state index contributed by atoms with van der Waals surface area (Å²) in [6.45, 7) is 0.0275. The van der Waals surface area contributed by atoms with Gasteiger partial charge in [-0.15, -0.1) is 0 Å². The van der Waals surface area contributed by atoms with E-state index < -0.39 is 17.8 Å². The van der Waals surface area contributed by atoms with Crippen LogP contribution >= 0.6 is 27.5 Å². The number of fused-ring (bicyclic) bond motifs is 1. The van der Waals surface area contributed by atoms with E-state index in [2.05, 4.69) is 31.3 Å². The van der Waals surface area contributed by atoms with Gasteiger partial charge in [0.25, 0.3) is 5.91 Å². The lowest BCUT2D eigenvalue weighted by Gasteiger charge is -2.11. The Kier molecular flexibility index (Phi) is 5.29. The summed E-state index contributed by atoms with van der Waals surface area (Å²) in [5.74, 6) is -0.282. The highest BCUT2D eigenvalue weighted by Crippen LogP contribution is 2.34. The highest BCUT2D eigenvalue weighted by atomic mass is 79.9. The molecule has 0 spiro atoms. The number of nitrogens with zero attached hydrogens (tertiary/aromatic N) is 3. The molecule has 0 saturated heterocycles. The van der Waals surface area contributed by atoms with Crippen molar-refractivity contribution >= 4 is 39.1 Å². The van der Waals surface area contributed by atoms with Crippen LogP contribution in [0.5, 0.6) is 0 Å². The van der Waals surface area contributed by atoms with E-state index in [1.807, 2.05) is 0 Å². The molecule has 6 nitrogen and oxygen atoms in total. The Labute approximate surface area is 180 Å². The molecule has 0 aliphatic heterocycles. The molecule has 30 heavy (non-hydrogen) atoms. The number of carbonyl (C=O) groups is 1. The van der Waals surface area contributed by atoms with Crippen molar-refractivity contribution in [3.63, 3.8) is 0 Å². The first-order valence-electron chi connectivity index (χ1n) is 8.47. The predicted molar refractivity (Wildman–Crippen MR) is 106 cm³/mol. The molecule has 0 radical (unpaired) electrons. The fourth-order valence-electron chi connectivity index (χ4n) is 2.77. The van der Waals surface area contributed by atoms with E-state index >= 15 is 0 Å². The van der Waals surface area contributed by atoms with Crippen LogP contribution in [0.4, 0.5) is 13.2 Å². The van der Waals surface area contributed by atoms with Crippen LogP contribution in [0.25, 0.3) is 16.9 Å². The van der Waals surface area contributed by atoms with E-state index in [-0.39, 0.29) is 28.6 Å². The van der Waals surface area contributed by atoms with E-state index in [0.717, 1.165) is 10.5 Å². The molecule has 0 saturated carbocycles. The standard InChI is InChI=1S/C19H11BrClF3N4O2/c20-11-5-3-10(4-6-11)13-8-14(19(22,23)24)28-17(26-13)15(21)16(27-28)18(29)25-9-12-2-1-7-30-12/h1-8H,9H2,(H,25,29). The van der Waals surface area contributed by atoms with Gasteiger partial charge >= 0.3 is 6.18 Å². The molecule has 0 aliphatic carbocycles. The largest absolute Gasteiger partial charge is 0.467 e. The number of rotatable bonds is 4. The van der Waals surface area contributed by atoms with Crippen molar-refractivity contribution < 1.29 is 22.4 Å². The van der Waals surface area contributed by atoms with Gasteiger partial charge in [-0.25, -0.2) is 9.50 Å². The van der Waals surface area contributed by atoms with Gasteiger partial charge < -0.3 is 9.73 Å². The average Bonchev–Trinajstić information content (AvgIpc) is 3.33. The summed E-state index contributed by atoms with van der Waals surface area (Å²) >= 11 is 9.49. The van der Waals surface area contributed by atoms with Gasteiger partial charge in [-0.3, -0.25) is 4.79 Å². The van der Waals surface area contributed by atoms with E-state index in [1.54, 1.807) is 36.4 Å². The van der Waals surface area contributed by atoms with Gasteiger partial charge in [0.2, 0.25) is 0 Å². The second-order valence-corrected chi connectivity index (χ2v) is 7.48. The molecule has 1 aromatic carbocycles. The molecule has 4 aromatic rings. The Balaban J connectivity index is 1.80. The van der Waals surface area contributed by atoms with Gasteiger partial charge in [-0.1, -0.05) is 39.7 Å².